The fraction of sp³-hybridized carbons (Fsp3) is 0.556. The molecule has 3 rings (SSSR count). The molecule has 1 fully saturated rings. The van der Waals surface area contributed by atoms with Crippen LogP contribution in [0.5, 0.6) is 5.75 Å². The van der Waals surface area contributed by atoms with Crippen LogP contribution >= 0.6 is 0 Å². The quantitative estimate of drug-likeness (QED) is 0.798. The molecule has 1 aliphatic rings. The number of fused-ring (bicyclic) bond motifs is 1. The van der Waals surface area contributed by atoms with E-state index in [1.54, 1.807) is 14.2 Å². The number of rotatable bonds is 7. The second-order valence-electron chi connectivity index (χ2n) is 6.11. The normalized spacial score (nSPS) is 19.1. The van der Waals surface area contributed by atoms with Gasteiger partial charge < -0.3 is 14.5 Å². The molecule has 1 saturated heterocycles. The van der Waals surface area contributed by atoms with Gasteiger partial charge in [-0.3, -0.25) is 4.90 Å². The maximum Gasteiger partial charge on any atom is 0.119 e. The van der Waals surface area contributed by atoms with Gasteiger partial charge in [0.05, 0.1) is 7.11 Å². The topological polar surface area (TPSA) is 37.5 Å². The van der Waals surface area contributed by atoms with Crippen LogP contribution in [0.2, 0.25) is 0 Å². The lowest BCUT2D eigenvalue weighted by molar-refractivity contribution is 0.167. The van der Waals surface area contributed by atoms with Crippen LogP contribution in [-0.2, 0) is 11.2 Å². The zero-order valence-electron chi connectivity index (χ0n) is 13.6. The Morgan fingerprint density at radius 2 is 2.23 bits per heavy atom. The molecule has 4 heteroatoms. The van der Waals surface area contributed by atoms with Gasteiger partial charge in [-0.1, -0.05) is 0 Å². The van der Waals surface area contributed by atoms with Gasteiger partial charge in [0.1, 0.15) is 5.75 Å². The summed E-state index contributed by atoms with van der Waals surface area (Å²) < 4.78 is 10.5. The lowest BCUT2D eigenvalue weighted by Crippen LogP contribution is -2.32. The Labute approximate surface area is 132 Å². The molecular formula is C18H26N2O2. The van der Waals surface area contributed by atoms with Crippen molar-refractivity contribution in [2.75, 3.05) is 33.9 Å². The molecule has 1 aromatic carbocycles. The lowest BCUT2D eigenvalue weighted by atomic mass is 10.0. The molecule has 0 bridgehead atoms. The van der Waals surface area contributed by atoms with E-state index in [0.29, 0.717) is 6.04 Å². The number of methoxy groups -OCH3 is 2. The summed E-state index contributed by atoms with van der Waals surface area (Å²) in [6.45, 7) is 3.22. The number of ether oxygens (including phenoxy) is 2. The lowest BCUT2D eigenvalue weighted by Gasteiger charge is -2.24. The highest BCUT2D eigenvalue weighted by Crippen LogP contribution is 2.28. The van der Waals surface area contributed by atoms with E-state index in [-0.39, 0.29) is 0 Å². The first-order valence-corrected chi connectivity index (χ1v) is 8.19. The number of hydrogen-bond donors (Lipinski definition) is 1. The molecule has 1 aromatic heterocycles. The molecule has 1 N–H and O–H groups in total. The van der Waals surface area contributed by atoms with Crippen LogP contribution in [0.3, 0.4) is 0 Å². The van der Waals surface area contributed by atoms with Crippen molar-refractivity contribution in [1.29, 1.82) is 0 Å². The van der Waals surface area contributed by atoms with Crippen molar-refractivity contribution < 1.29 is 9.47 Å². The minimum atomic E-state index is 0.655. The van der Waals surface area contributed by atoms with E-state index in [1.165, 1.54) is 35.9 Å². The molecule has 0 aliphatic carbocycles. The second kappa shape index (κ2) is 7.16. The van der Waals surface area contributed by atoms with Gasteiger partial charge >= 0.3 is 0 Å². The van der Waals surface area contributed by atoms with Gasteiger partial charge in [0.2, 0.25) is 0 Å². The van der Waals surface area contributed by atoms with Gasteiger partial charge in [-0.2, -0.15) is 0 Å². The van der Waals surface area contributed by atoms with E-state index in [9.17, 15) is 0 Å². The summed E-state index contributed by atoms with van der Waals surface area (Å²) in [5, 5.41) is 1.29. The van der Waals surface area contributed by atoms with Crippen molar-refractivity contribution in [3.8, 4) is 5.75 Å². The van der Waals surface area contributed by atoms with Crippen LogP contribution < -0.4 is 4.74 Å². The minimum absolute atomic E-state index is 0.655. The van der Waals surface area contributed by atoms with Crippen LogP contribution in [0.25, 0.3) is 10.9 Å². The largest absolute Gasteiger partial charge is 0.497 e. The zero-order valence-corrected chi connectivity index (χ0v) is 13.6. The maximum absolute atomic E-state index is 5.37. The summed E-state index contributed by atoms with van der Waals surface area (Å²) in [4.78, 5) is 6.01. The van der Waals surface area contributed by atoms with Crippen LogP contribution in [0.4, 0.5) is 0 Å². The molecular weight excluding hydrogens is 276 g/mol. The van der Waals surface area contributed by atoms with E-state index in [4.69, 9.17) is 9.47 Å². The van der Waals surface area contributed by atoms with Crippen molar-refractivity contribution in [1.82, 2.24) is 9.88 Å². The van der Waals surface area contributed by atoms with Crippen molar-refractivity contribution >= 4 is 10.9 Å². The number of aromatic nitrogens is 1. The molecule has 1 unspecified atom stereocenters. The molecule has 0 radical (unpaired) electrons. The summed E-state index contributed by atoms with van der Waals surface area (Å²) in [5.41, 5.74) is 2.59. The SMILES string of the molecule is COCCCN1CCCC1Cc1c[nH]c2ccc(OC)cc12. The van der Waals surface area contributed by atoms with Gasteiger partial charge in [-0.15, -0.1) is 0 Å². The average Bonchev–Trinajstić information content (AvgIpc) is 3.15. The van der Waals surface area contributed by atoms with E-state index >= 15 is 0 Å². The fourth-order valence-corrected chi connectivity index (χ4v) is 3.54. The third-order valence-corrected chi connectivity index (χ3v) is 4.72. The van der Waals surface area contributed by atoms with E-state index in [2.05, 4.69) is 28.2 Å². The fourth-order valence-electron chi connectivity index (χ4n) is 3.54. The summed E-state index contributed by atoms with van der Waals surface area (Å²) in [7, 11) is 3.50. The monoisotopic (exact) mass is 302 g/mol. The third-order valence-electron chi connectivity index (χ3n) is 4.72. The first-order valence-electron chi connectivity index (χ1n) is 8.19. The standard InChI is InChI=1S/C18H26N2O2/c1-21-10-4-9-20-8-3-5-15(20)11-14-13-19-18-7-6-16(22-2)12-17(14)18/h6-7,12-13,15,19H,3-5,8-11H2,1-2H3. The van der Waals surface area contributed by atoms with Crippen molar-refractivity contribution in [2.45, 2.75) is 31.7 Å². The molecule has 0 amide bonds. The molecule has 120 valence electrons. The Morgan fingerprint density at radius 3 is 3.05 bits per heavy atom. The van der Waals surface area contributed by atoms with Crippen molar-refractivity contribution in [2.24, 2.45) is 0 Å². The Bertz CT molecular complexity index is 608. The van der Waals surface area contributed by atoms with Crippen molar-refractivity contribution in [3.05, 3.63) is 30.0 Å². The number of nitrogens with zero attached hydrogens (tertiary/aromatic N) is 1. The first-order chi connectivity index (χ1) is 10.8. The summed E-state index contributed by atoms with van der Waals surface area (Å²) in [6.07, 6.45) is 7.00. The highest BCUT2D eigenvalue weighted by atomic mass is 16.5. The molecule has 2 heterocycles. The van der Waals surface area contributed by atoms with Crippen molar-refractivity contribution in [3.63, 3.8) is 0 Å². The number of hydrogen-bond acceptors (Lipinski definition) is 3. The molecule has 2 aromatic rings. The number of aromatic amines is 1. The van der Waals surface area contributed by atoms with Gasteiger partial charge in [0, 0.05) is 43.4 Å². The van der Waals surface area contributed by atoms with Crippen LogP contribution in [0, 0.1) is 0 Å². The average molecular weight is 302 g/mol. The Balaban J connectivity index is 1.71. The zero-order chi connectivity index (χ0) is 15.4. The molecule has 22 heavy (non-hydrogen) atoms. The predicted molar refractivity (Wildman–Crippen MR) is 89.6 cm³/mol. The van der Waals surface area contributed by atoms with Crippen LogP contribution in [0.1, 0.15) is 24.8 Å². The van der Waals surface area contributed by atoms with Gasteiger partial charge in [-0.25, -0.2) is 0 Å². The molecule has 4 nitrogen and oxygen atoms in total. The van der Waals surface area contributed by atoms with Crippen LogP contribution in [-0.4, -0.2) is 49.8 Å². The summed E-state index contributed by atoms with van der Waals surface area (Å²) in [6, 6.07) is 6.91. The molecule has 1 atom stereocenters. The molecule has 1 aliphatic heterocycles. The van der Waals surface area contributed by atoms with E-state index in [0.717, 1.165) is 31.7 Å². The number of H-pyrrole nitrogens is 1. The second-order valence-corrected chi connectivity index (χ2v) is 6.11. The summed E-state index contributed by atoms with van der Waals surface area (Å²) in [5.74, 6) is 0.928. The highest BCUT2D eigenvalue weighted by molar-refractivity contribution is 5.84. The third kappa shape index (κ3) is 3.28. The van der Waals surface area contributed by atoms with Gasteiger partial charge in [0.25, 0.3) is 0 Å². The minimum Gasteiger partial charge on any atom is -0.497 e. The Kier molecular flexibility index (Phi) is 5.01. The van der Waals surface area contributed by atoms with E-state index in [1.807, 2.05) is 6.07 Å². The first kappa shape index (κ1) is 15.4. The molecule has 0 saturated carbocycles. The van der Waals surface area contributed by atoms with Gasteiger partial charge in [-0.05, 0) is 56.0 Å². The molecule has 0 spiro atoms. The number of benzene rings is 1. The maximum atomic E-state index is 5.37. The van der Waals surface area contributed by atoms with E-state index < -0.39 is 0 Å². The smallest absolute Gasteiger partial charge is 0.119 e. The number of likely N-dealkylation sites (tertiary alicyclic amines) is 1. The highest BCUT2D eigenvalue weighted by Gasteiger charge is 2.25. The van der Waals surface area contributed by atoms with Crippen LogP contribution in [0.15, 0.2) is 24.4 Å². The Morgan fingerprint density at radius 1 is 1.32 bits per heavy atom. The summed E-state index contributed by atoms with van der Waals surface area (Å²) >= 11 is 0. The Hall–Kier alpha value is -1.52. The number of nitrogens with one attached hydrogen (secondary N) is 1. The predicted octanol–water partition coefficient (Wildman–Crippen LogP) is 3.22. The van der Waals surface area contributed by atoms with Gasteiger partial charge in [0.15, 0.2) is 0 Å².